The SMILES string of the molecule is CC1(C)CCCC1C(=O)N1CCC(CCO)C1. The molecule has 0 spiro atoms. The van der Waals surface area contributed by atoms with Crippen LogP contribution in [0.3, 0.4) is 0 Å². The van der Waals surface area contributed by atoms with Gasteiger partial charge in [0.25, 0.3) is 0 Å². The Morgan fingerprint density at radius 1 is 1.41 bits per heavy atom. The lowest BCUT2D eigenvalue weighted by molar-refractivity contribution is -0.137. The summed E-state index contributed by atoms with van der Waals surface area (Å²) in [7, 11) is 0. The van der Waals surface area contributed by atoms with Gasteiger partial charge in [-0.05, 0) is 37.0 Å². The summed E-state index contributed by atoms with van der Waals surface area (Å²) in [4.78, 5) is 14.5. The Morgan fingerprint density at radius 2 is 2.18 bits per heavy atom. The second-order valence-corrected chi connectivity index (χ2v) is 6.38. The highest BCUT2D eigenvalue weighted by atomic mass is 16.3. The van der Waals surface area contributed by atoms with Gasteiger partial charge in [-0.1, -0.05) is 20.3 Å². The molecule has 3 nitrogen and oxygen atoms in total. The zero-order chi connectivity index (χ0) is 12.5. The second-order valence-electron chi connectivity index (χ2n) is 6.38. The van der Waals surface area contributed by atoms with Gasteiger partial charge in [0, 0.05) is 25.6 Å². The molecule has 98 valence electrons. The van der Waals surface area contributed by atoms with Crippen molar-refractivity contribution in [2.75, 3.05) is 19.7 Å². The Morgan fingerprint density at radius 3 is 2.76 bits per heavy atom. The fourth-order valence-electron chi connectivity index (χ4n) is 3.46. The summed E-state index contributed by atoms with van der Waals surface area (Å²) < 4.78 is 0. The van der Waals surface area contributed by atoms with Crippen LogP contribution in [0.5, 0.6) is 0 Å². The Hall–Kier alpha value is -0.570. The molecule has 1 aliphatic carbocycles. The number of carbonyl (C=O) groups excluding carboxylic acids is 1. The van der Waals surface area contributed by atoms with Crippen molar-refractivity contribution in [3.05, 3.63) is 0 Å². The number of rotatable bonds is 3. The van der Waals surface area contributed by atoms with Crippen molar-refractivity contribution in [1.29, 1.82) is 0 Å². The van der Waals surface area contributed by atoms with Gasteiger partial charge in [-0.2, -0.15) is 0 Å². The van der Waals surface area contributed by atoms with Crippen molar-refractivity contribution in [3.63, 3.8) is 0 Å². The Balaban J connectivity index is 1.93. The maximum Gasteiger partial charge on any atom is 0.226 e. The van der Waals surface area contributed by atoms with E-state index in [1.165, 1.54) is 12.8 Å². The fourth-order valence-corrected chi connectivity index (χ4v) is 3.46. The topological polar surface area (TPSA) is 40.5 Å². The molecule has 1 saturated heterocycles. The van der Waals surface area contributed by atoms with E-state index in [2.05, 4.69) is 13.8 Å². The molecule has 2 atom stereocenters. The summed E-state index contributed by atoms with van der Waals surface area (Å²) in [6.45, 7) is 6.47. The van der Waals surface area contributed by atoms with Crippen molar-refractivity contribution < 1.29 is 9.90 Å². The lowest BCUT2D eigenvalue weighted by atomic mass is 9.81. The predicted octanol–water partition coefficient (Wildman–Crippen LogP) is 2.04. The summed E-state index contributed by atoms with van der Waals surface area (Å²) in [5.41, 5.74) is 0.187. The van der Waals surface area contributed by atoms with Gasteiger partial charge in [-0.15, -0.1) is 0 Å². The fraction of sp³-hybridized carbons (Fsp3) is 0.929. The van der Waals surface area contributed by atoms with E-state index >= 15 is 0 Å². The molecule has 0 bridgehead atoms. The van der Waals surface area contributed by atoms with Crippen LogP contribution in [-0.4, -0.2) is 35.6 Å². The molecular formula is C14H25NO2. The Kier molecular flexibility index (Phi) is 3.76. The van der Waals surface area contributed by atoms with Crippen molar-refractivity contribution in [1.82, 2.24) is 4.90 Å². The zero-order valence-electron chi connectivity index (χ0n) is 11.1. The summed E-state index contributed by atoms with van der Waals surface area (Å²) in [6, 6.07) is 0. The van der Waals surface area contributed by atoms with E-state index in [0.29, 0.717) is 11.8 Å². The van der Waals surface area contributed by atoms with Crippen molar-refractivity contribution in [2.45, 2.75) is 46.0 Å². The first-order chi connectivity index (χ1) is 8.04. The number of aliphatic hydroxyl groups is 1. The molecule has 2 fully saturated rings. The molecule has 0 aromatic heterocycles. The number of carbonyl (C=O) groups is 1. The van der Waals surface area contributed by atoms with E-state index in [4.69, 9.17) is 5.11 Å². The van der Waals surface area contributed by atoms with Crippen LogP contribution in [0.15, 0.2) is 0 Å². The van der Waals surface area contributed by atoms with Crippen LogP contribution >= 0.6 is 0 Å². The molecule has 3 heteroatoms. The van der Waals surface area contributed by atoms with Gasteiger partial charge in [0.1, 0.15) is 0 Å². The number of aliphatic hydroxyl groups excluding tert-OH is 1. The van der Waals surface area contributed by atoms with Crippen LogP contribution in [0.25, 0.3) is 0 Å². The highest BCUT2D eigenvalue weighted by Gasteiger charge is 2.42. The monoisotopic (exact) mass is 239 g/mol. The highest BCUT2D eigenvalue weighted by molar-refractivity contribution is 5.80. The average Bonchev–Trinajstić information content (AvgIpc) is 2.84. The van der Waals surface area contributed by atoms with Crippen LogP contribution in [0.1, 0.15) is 46.0 Å². The number of nitrogens with zero attached hydrogens (tertiary/aromatic N) is 1. The molecule has 1 N–H and O–H groups in total. The second kappa shape index (κ2) is 4.97. The third-order valence-corrected chi connectivity index (χ3v) is 4.69. The molecule has 2 aliphatic rings. The number of hydrogen-bond acceptors (Lipinski definition) is 2. The van der Waals surface area contributed by atoms with E-state index in [-0.39, 0.29) is 17.9 Å². The Labute approximate surface area is 104 Å². The summed E-state index contributed by atoms with van der Waals surface area (Å²) >= 11 is 0. The van der Waals surface area contributed by atoms with E-state index in [9.17, 15) is 4.79 Å². The zero-order valence-corrected chi connectivity index (χ0v) is 11.1. The number of likely N-dealkylation sites (tertiary alicyclic amines) is 1. The summed E-state index contributed by atoms with van der Waals surface area (Å²) in [5, 5.41) is 8.94. The maximum absolute atomic E-state index is 12.5. The average molecular weight is 239 g/mol. The smallest absolute Gasteiger partial charge is 0.226 e. The van der Waals surface area contributed by atoms with E-state index in [1.54, 1.807) is 0 Å². The molecular weight excluding hydrogens is 214 g/mol. The van der Waals surface area contributed by atoms with Crippen LogP contribution in [-0.2, 0) is 4.79 Å². The molecule has 2 unspecified atom stereocenters. The van der Waals surface area contributed by atoms with Gasteiger partial charge < -0.3 is 10.0 Å². The standard InChI is InChI=1S/C14H25NO2/c1-14(2)7-3-4-12(14)13(17)15-8-5-11(10-15)6-9-16/h11-12,16H,3-10H2,1-2H3. The molecule has 2 rings (SSSR count). The van der Waals surface area contributed by atoms with Gasteiger partial charge in [0.2, 0.25) is 5.91 Å². The highest BCUT2D eigenvalue weighted by Crippen LogP contribution is 2.44. The maximum atomic E-state index is 12.5. The molecule has 0 radical (unpaired) electrons. The number of amides is 1. The van der Waals surface area contributed by atoms with Gasteiger partial charge in [0.05, 0.1) is 0 Å². The van der Waals surface area contributed by atoms with E-state index < -0.39 is 0 Å². The van der Waals surface area contributed by atoms with E-state index in [0.717, 1.165) is 32.4 Å². The van der Waals surface area contributed by atoms with Gasteiger partial charge >= 0.3 is 0 Å². The van der Waals surface area contributed by atoms with Crippen LogP contribution < -0.4 is 0 Å². The molecule has 0 aromatic carbocycles. The minimum Gasteiger partial charge on any atom is -0.396 e. The van der Waals surface area contributed by atoms with E-state index in [1.807, 2.05) is 4.90 Å². The van der Waals surface area contributed by atoms with Crippen LogP contribution in [0.4, 0.5) is 0 Å². The largest absolute Gasteiger partial charge is 0.396 e. The molecule has 1 heterocycles. The Bertz CT molecular complexity index is 288. The first kappa shape index (κ1) is 12.9. The lowest BCUT2D eigenvalue weighted by Gasteiger charge is -2.30. The first-order valence-electron chi connectivity index (χ1n) is 6.94. The minimum atomic E-state index is 0.187. The summed E-state index contributed by atoms with van der Waals surface area (Å²) in [5.74, 6) is 1.12. The van der Waals surface area contributed by atoms with Gasteiger partial charge in [0.15, 0.2) is 0 Å². The van der Waals surface area contributed by atoms with Crippen molar-refractivity contribution in [3.8, 4) is 0 Å². The summed E-state index contributed by atoms with van der Waals surface area (Å²) in [6.07, 6.45) is 5.35. The molecule has 17 heavy (non-hydrogen) atoms. The quantitative estimate of drug-likeness (QED) is 0.819. The first-order valence-corrected chi connectivity index (χ1v) is 6.94. The van der Waals surface area contributed by atoms with Gasteiger partial charge in [-0.3, -0.25) is 4.79 Å². The normalized spacial score (nSPS) is 32.1. The van der Waals surface area contributed by atoms with Crippen molar-refractivity contribution >= 4 is 5.91 Å². The third-order valence-electron chi connectivity index (χ3n) is 4.69. The predicted molar refractivity (Wildman–Crippen MR) is 67.5 cm³/mol. The number of hydrogen-bond donors (Lipinski definition) is 1. The van der Waals surface area contributed by atoms with Crippen molar-refractivity contribution in [2.24, 2.45) is 17.3 Å². The molecule has 1 aliphatic heterocycles. The lowest BCUT2D eigenvalue weighted by Crippen LogP contribution is -2.38. The molecule has 0 aromatic rings. The minimum absolute atomic E-state index is 0.187. The molecule has 1 saturated carbocycles. The van der Waals surface area contributed by atoms with Crippen LogP contribution in [0, 0.1) is 17.3 Å². The van der Waals surface area contributed by atoms with Gasteiger partial charge in [-0.25, -0.2) is 0 Å². The van der Waals surface area contributed by atoms with Crippen LogP contribution in [0.2, 0.25) is 0 Å². The third kappa shape index (κ3) is 2.65. The molecule has 1 amide bonds.